The van der Waals surface area contributed by atoms with Crippen molar-refractivity contribution in [3.63, 3.8) is 0 Å². The molecular weight excluding hydrogens is 717 g/mol. The van der Waals surface area contributed by atoms with Gasteiger partial charge in [0, 0.05) is 33.0 Å². The van der Waals surface area contributed by atoms with Crippen LogP contribution >= 0.6 is 0 Å². The summed E-state index contributed by atoms with van der Waals surface area (Å²) in [6.07, 6.45) is 0. The first-order valence-electron chi connectivity index (χ1n) is 20.3. The average Bonchev–Trinajstić information content (AvgIpc) is 3.14. The van der Waals surface area contributed by atoms with E-state index in [0.717, 1.165) is 54.6 Å². The maximum atomic E-state index is 14.6. The van der Waals surface area contributed by atoms with Gasteiger partial charge in [-0.15, -0.1) is 0 Å². The minimum absolute atomic E-state index is 0.203. The number of benzene rings is 7. The number of carbonyl (C=O) groups is 4. The molecule has 0 N–H and O–H groups in total. The molecule has 0 saturated heterocycles. The molecule has 4 amide bonds. The van der Waals surface area contributed by atoms with Crippen LogP contribution in [0.15, 0.2) is 84.9 Å². The van der Waals surface area contributed by atoms with E-state index in [1.165, 1.54) is 9.80 Å². The van der Waals surface area contributed by atoms with E-state index in [1.807, 2.05) is 72.8 Å². The number of hydrogen-bond acceptors (Lipinski definition) is 4. The van der Waals surface area contributed by atoms with Gasteiger partial charge in [-0.2, -0.15) is 0 Å². The molecule has 0 atom stereocenters. The molecule has 0 spiro atoms. The van der Waals surface area contributed by atoms with Gasteiger partial charge in [0.15, 0.2) is 0 Å². The van der Waals surface area contributed by atoms with Crippen molar-refractivity contribution in [2.24, 2.45) is 0 Å². The zero-order valence-electron chi connectivity index (χ0n) is 35.6. The van der Waals surface area contributed by atoms with Crippen molar-refractivity contribution in [2.75, 3.05) is 9.80 Å². The number of anilines is 2. The normalized spacial score (nSPS) is 15.3. The van der Waals surface area contributed by atoms with Gasteiger partial charge in [0.05, 0.1) is 11.4 Å². The quantitative estimate of drug-likeness (QED) is 0.0997. The van der Waals surface area contributed by atoms with E-state index in [4.69, 9.17) is 0 Å². The average molecular weight is 767 g/mol. The van der Waals surface area contributed by atoms with Crippen molar-refractivity contribution in [1.82, 2.24) is 0 Å². The fourth-order valence-electron chi connectivity index (χ4n) is 8.95. The van der Waals surface area contributed by atoms with Crippen LogP contribution in [0, 0.1) is 0 Å². The van der Waals surface area contributed by atoms with Gasteiger partial charge in [0.25, 0.3) is 23.6 Å². The van der Waals surface area contributed by atoms with Crippen LogP contribution < -0.4 is 9.80 Å². The number of hydrogen-bond donors (Lipinski definition) is 0. The van der Waals surface area contributed by atoms with Crippen molar-refractivity contribution in [3.05, 3.63) is 129 Å². The molecule has 58 heavy (non-hydrogen) atoms. The predicted molar refractivity (Wildman–Crippen MR) is 238 cm³/mol. The monoisotopic (exact) mass is 766 g/mol. The van der Waals surface area contributed by atoms with E-state index in [-0.39, 0.29) is 45.3 Å². The molecule has 0 unspecified atom stereocenters. The summed E-state index contributed by atoms with van der Waals surface area (Å²) in [5.74, 6) is -1.43. The van der Waals surface area contributed by atoms with Crippen LogP contribution in [-0.4, -0.2) is 23.6 Å². The number of fused-ring (bicyclic) bond motifs is 2. The SMILES string of the molecule is CC(C)(C)c1cc(N2C(=O)c3ccc4c5ccc6c7c(ccc(c8ccc(c3c48)C2=O)c75)C(=O)N(c2cc(C(C)(C)C)cc(C(C)(C)C)c2)C6=O)cc(C(C)(C)C)c1. The Morgan fingerprint density at radius 2 is 0.534 bits per heavy atom. The summed E-state index contributed by atoms with van der Waals surface area (Å²) in [7, 11) is 0. The molecule has 2 heterocycles. The van der Waals surface area contributed by atoms with E-state index in [2.05, 4.69) is 95.2 Å². The number of carbonyl (C=O) groups excluding carboxylic acids is 4. The summed E-state index contributed by atoms with van der Waals surface area (Å²) in [4.78, 5) is 61.2. The van der Waals surface area contributed by atoms with Crippen molar-refractivity contribution in [1.29, 1.82) is 0 Å². The third kappa shape index (κ3) is 5.37. The van der Waals surface area contributed by atoms with Gasteiger partial charge in [0.1, 0.15) is 0 Å². The summed E-state index contributed by atoms with van der Waals surface area (Å²) in [5, 5.41) is 6.37. The third-order valence-electron chi connectivity index (χ3n) is 12.5. The summed E-state index contributed by atoms with van der Waals surface area (Å²) < 4.78 is 0. The van der Waals surface area contributed by atoms with Crippen molar-refractivity contribution >= 4 is 78.1 Å². The summed E-state index contributed by atoms with van der Waals surface area (Å²) >= 11 is 0. The van der Waals surface area contributed by atoms with Gasteiger partial charge in [-0.05, 0) is 125 Å². The lowest BCUT2D eigenvalue weighted by atomic mass is 9.79. The molecule has 0 saturated carbocycles. The van der Waals surface area contributed by atoms with Crippen LogP contribution in [0.25, 0.3) is 43.1 Å². The highest BCUT2D eigenvalue weighted by Crippen LogP contribution is 2.48. The second-order valence-corrected chi connectivity index (χ2v) is 20.6. The largest absolute Gasteiger partial charge is 0.268 e. The van der Waals surface area contributed by atoms with E-state index in [9.17, 15) is 19.2 Å². The molecule has 0 fully saturated rings. The Bertz CT molecular complexity index is 2620. The highest BCUT2D eigenvalue weighted by molar-refractivity contribution is 6.45. The maximum Gasteiger partial charge on any atom is 0.265 e. The second-order valence-electron chi connectivity index (χ2n) is 20.6. The second kappa shape index (κ2) is 11.8. The number of imide groups is 2. The smallest absolute Gasteiger partial charge is 0.265 e. The van der Waals surface area contributed by atoms with E-state index < -0.39 is 0 Å². The standard InChI is InChI=1S/C52H50N2O4/c1-49(2,3)27-21-28(50(4,5)6)24-31(23-27)53-45(55)37-17-13-33-35-15-19-39-44-40(20-16-36(42(35)44)34-14-18-38(46(53)56)43(37)41(33)34)48(58)54(47(39)57)32-25-29(51(7,8)9)22-30(26-32)52(10,11)12/h13-26H,1-12H3. The van der Waals surface area contributed by atoms with Crippen LogP contribution in [0.1, 0.15) is 147 Å². The number of amides is 4. The molecule has 0 bridgehead atoms. The Hall–Kier alpha value is -5.88. The molecule has 7 aromatic rings. The molecule has 9 rings (SSSR count). The fraction of sp³-hybridized carbons (Fsp3) is 0.308. The predicted octanol–water partition coefficient (Wildman–Crippen LogP) is 12.5. The zero-order chi connectivity index (χ0) is 41.8. The lowest BCUT2D eigenvalue weighted by Crippen LogP contribution is -2.41. The zero-order valence-corrected chi connectivity index (χ0v) is 35.6. The number of nitrogens with zero attached hydrogens (tertiary/aromatic N) is 2. The molecule has 2 aliphatic rings. The molecule has 0 radical (unpaired) electrons. The highest BCUT2D eigenvalue weighted by atomic mass is 16.2. The van der Waals surface area contributed by atoms with Crippen LogP contribution in [0.3, 0.4) is 0 Å². The molecular formula is C52H50N2O4. The lowest BCUT2D eigenvalue weighted by Gasteiger charge is -2.32. The van der Waals surface area contributed by atoms with E-state index in [0.29, 0.717) is 44.4 Å². The minimum atomic E-state index is -0.357. The van der Waals surface area contributed by atoms with Gasteiger partial charge in [-0.3, -0.25) is 19.2 Å². The van der Waals surface area contributed by atoms with Gasteiger partial charge in [-0.25, -0.2) is 9.80 Å². The Kier molecular flexibility index (Phi) is 7.70. The van der Waals surface area contributed by atoms with Gasteiger partial charge >= 0.3 is 0 Å². The molecule has 7 aromatic carbocycles. The van der Waals surface area contributed by atoms with Crippen LogP contribution in [-0.2, 0) is 21.7 Å². The van der Waals surface area contributed by atoms with Crippen molar-refractivity contribution in [3.8, 4) is 0 Å². The molecule has 0 aliphatic carbocycles. The van der Waals surface area contributed by atoms with Crippen molar-refractivity contribution < 1.29 is 19.2 Å². The Balaban J connectivity index is 1.23. The fourth-order valence-corrected chi connectivity index (χ4v) is 8.95. The van der Waals surface area contributed by atoms with Gasteiger partial charge in [-0.1, -0.05) is 119 Å². The van der Waals surface area contributed by atoms with Gasteiger partial charge in [0.2, 0.25) is 0 Å². The highest BCUT2D eigenvalue weighted by Gasteiger charge is 2.39. The van der Waals surface area contributed by atoms with Crippen LogP contribution in [0.2, 0.25) is 0 Å². The summed E-state index contributed by atoms with van der Waals surface area (Å²) in [5.41, 5.74) is 6.41. The first kappa shape index (κ1) is 37.7. The summed E-state index contributed by atoms with van der Waals surface area (Å²) in [6, 6.07) is 27.4. The number of rotatable bonds is 2. The molecule has 0 aromatic heterocycles. The molecule has 2 aliphatic heterocycles. The van der Waals surface area contributed by atoms with Crippen LogP contribution in [0.4, 0.5) is 11.4 Å². The van der Waals surface area contributed by atoms with E-state index >= 15 is 0 Å². The first-order valence-corrected chi connectivity index (χ1v) is 20.3. The Morgan fingerprint density at radius 1 is 0.310 bits per heavy atom. The minimum Gasteiger partial charge on any atom is -0.268 e. The van der Waals surface area contributed by atoms with Gasteiger partial charge < -0.3 is 0 Å². The van der Waals surface area contributed by atoms with Crippen molar-refractivity contribution in [2.45, 2.75) is 105 Å². The van der Waals surface area contributed by atoms with Crippen LogP contribution in [0.5, 0.6) is 0 Å². The maximum absolute atomic E-state index is 14.6. The topological polar surface area (TPSA) is 74.8 Å². The Morgan fingerprint density at radius 3 is 0.741 bits per heavy atom. The Labute approximate surface area is 340 Å². The van der Waals surface area contributed by atoms with E-state index in [1.54, 1.807) is 0 Å². The third-order valence-corrected chi connectivity index (χ3v) is 12.5. The molecule has 6 nitrogen and oxygen atoms in total. The molecule has 292 valence electrons. The summed E-state index contributed by atoms with van der Waals surface area (Å²) in [6.45, 7) is 25.7. The first-order chi connectivity index (χ1) is 27.0. The molecule has 6 heteroatoms. The lowest BCUT2D eigenvalue weighted by molar-refractivity contribution is 0.0877.